The number of rotatable bonds is 5. The maximum atomic E-state index is 12.4. The number of fused-ring (bicyclic) bond motifs is 1. The number of aromatic nitrogens is 2. The zero-order valence-corrected chi connectivity index (χ0v) is 12.7. The molecule has 0 aliphatic heterocycles. The molecule has 1 unspecified atom stereocenters. The van der Waals surface area contributed by atoms with Gasteiger partial charge in [0.2, 0.25) is 0 Å². The summed E-state index contributed by atoms with van der Waals surface area (Å²) in [5.74, 6) is 0.466. The molecule has 0 bridgehead atoms. The maximum absolute atomic E-state index is 12.4. The fourth-order valence-corrected chi connectivity index (χ4v) is 2.43. The Kier molecular flexibility index (Phi) is 4.25. The first-order chi connectivity index (χ1) is 11.2. The van der Waals surface area contributed by atoms with E-state index in [1.54, 1.807) is 19.4 Å². The normalized spacial score (nSPS) is 12.1. The van der Waals surface area contributed by atoms with Crippen molar-refractivity contribution in [3.8, 4) is 5.75 Å². The van der Waals surface area contributed by atoms with Gasteiger partial charge in [-0.25, -0.2) is 4.98 Å². The van der Waals surface area contributed by atoms with Gasteiger partial charge in [0.15, 0.2) is 0 Å². The van der Waals surface area contributed by atoms with Gasteiger partial charge in [-0.1, -0.05) is 12.1 Å². The summed E-state index contributed by atoms with van der Waals surface area (Å²) in [6, 6.07) is 12.5. The van der Waals surface area contributed by atoms with Gasteiger partial charge in [0.05, 0.1) is 24.2 Å². The van der Waals surface area contributed by atoms with Crippen molar-refractivity contribution in [3.05, 3.63) is 59.9 Å². The van der Waals surface area contributed by atoms with Gasteiger partial charge in [0, 0.05) is 12.7 Å². The van der Waals surface area contributed by atoms with E-state index in [0.717, 1.165) is 22.3 Å². The number of benzene rings is 1. The summed E-state index contributed by atoms with van der Waals surface area (Å²) in [5.41, 5.74) is 8.71. The van der Waals surface area contributed by atoms with E-state index in [2.05, 4.69) is 15.3 Å². The van der Waals surface area contributed by atoms with E-state index in [-0.39, 0.29) is 18.5 Å². The number of nitrogens with zero attached hydrogens (tertiary/aromatic N) is 1. The van der Waals surface area contributed by atoms with Gasteiger partial charge < -0.3 is 20.8 Å². The third kappa shape index (κ3) is 3.17. The lowest BCUT2D eigenvalue weighted by molar-refractivity contribution is 0.0933. The molecule has 4 N–H and O–H groups in total. The molecule has 2 heterocycles. The molecule has 3 aromatic rings. The van der Waals surface area contributed by atoms with E-state index >= 15 is 0 Å². The molecule has 0 aliphatic rings. The van der Waals surface area contributed by atoms with E-state index in [0.29, 0.717) is 5.69 Å². The van der Waals surface area contributed by atoms with E-state index in [4.69, 9.17) is 10.5 Å². The second kappa shape index (κ2) is 6.50. The minimum atomic E-state index is -0.304. The summed E-state index contributed by atoms with van der Waals surface area (Å²) in [6.45, 7) is 0.283. The Hall–Kier alpha value is -2.86. The van der Waals surface area contributed by atoms with Crippen LogP contribution in [0.5, 0.6) is 5.75 Å². The molecule has 23 heavy (non-hydrogen) atoms. The number of methoxy groups -OCH3 is 1. The van der Waals surface area contributed by atoms with Crippen LogP contribution < -0.4 is 15.8 Å². The highest BCUT2D eigenvalue weighted by molar-refractivity contribution is 5.94. The molecule has 0 saturated carbocycles. The molecule has 0 aliphatic carbocycles. The topological polar surface area (TPSA) is 93.0 Å². The maximum Gasteiger partial charge on any atom is 0.270 e. The fourth-order valence-electron chi connectivity index (χ4n) is 2.43. The smallest absolute Gasteiger partial charge is 0.270 e. The largest absolute Gasteiger partial charge is 0.497 e. The predicted molar refractivity (Wildman–Crippen MR) is 88.3 cm³/mol. The van der Waals surface area contributed by atoms with Crippen LogP contribution in [0.25, 0.3) is 11.0 Å². The molecule has 6 nitrogen and oxygen atoms in total. The van der Waals surface area contributed by atoms with Crippen molar-refractivity contribution in [1.29, 1.82) is 0 Å². The first-order valence-electron chi connectivity index (χ1n) is 7.30. The number of amides is 1. The second-order valence-electron chi connectivity index (χ2n) is 5.15. The zero-order valence-electron chi connectivity index (χ0n) is 12.7. The van der Waals surface area contributed by atoms with Crippen LogP contribution in [-0.2, 0) is 0 Å². The molecule has 0 saturated heterocycles. The van der Waals surface area contributed by atoms with Gasteiger partial charge in [-0.2, -0.15) is 0 Å². The Morgan fingerprint density at radius 1 is 1.35 bits per heavy atom. The van der Waals surface area contributed by atoms with E-state index in [9.17, 15) is 4.79 Å². The molecule has 118 valence electrons. The van der Waals surface area contributed by atoms with Crippen LogP contribution in [0.3, 0.4) is 0 Å². The Morgan fingerprint density at radius 3 is 3.00 bits per heavy atom. The minimum Gasteiger partial charge on any atom is -0.497 e. The number of nitrogens with two attached hydrogens (primary N) is 1. The van der Waals surface area contributed by atoms with E-state index in [1.165, 1.54) is 0 Å². The van der Waals surface area contributed by atoms with Crippen LogP contribution in [-0.4, -0.2) is 29.5 Å². The monoisotopic (exact) mass is 310 g/mol. The fraction of sp³-hybridized carbons (Fsp3) is 0.176. The van der Waals surface area contributed by atoms with Crippen molar-refractivity contribution in [1.82, 2.24) is 15.3 Å². The molecule has 6 heteroatoms. The summed E-state index contributed by atoms with van der Waals surface area (Å²) in [7, 11) is 1.60. The molecule has 3 rings (SSSR count). The number of carbonyl (C=O) groups excluding carboxylic acids is 1. The average Bonchev–Trinajstić information content (AvgIpc) is 3.07. The quantitative estimate of drug-likeness (QED) is 0.672. The lowest BCUT2D eigenvalue weighted by atomic mass is 10.1. The van der Waals surface area contributed by atoms with Crippen LogP contribution in [0.15, 0.2) is 48.7 Å². The number of ether oxygens (including phenoxy) is 1. The minimum absolute atomic E-state index is 0.258. The summed E-state index contributed by atoms with van der Waals surface area (Å²) >= 11 is 0. The number of H-pyrrole nitrogens is 1. The molecule has 1 atom stereocenters. The van der Waals surface area contributed by atoms with Gasteiger partial charge in [-0.05, 0) is 35.9 Å². The third-order valence-corrected chi connectivity index (χ3v) is 3.67. The van der Waals surface area contributed by atoms with Crippen LogP contribution in [0, 0.1) is 0 Å². The van der Waals surface area contributed by atoms with Crippen molar-refractivity contribution in [2.24, 2.45) is 5.73 Å². The Bertz CT molecular complexity index is 828. The van der Waals surface area contributed by atoms with Crippen molar-refractivity contribution in [3.63, 3.8) is 0 Å². The highest BCUT2D eigenvalue weighted by atomic mass is 16.5. The Morgan fingerprint density at radius 2 is 2.22 bits per heavy atom. The zero-order chi connectivity index (χ0) is 16.2. The average molecular weight is 310 g/mol. The highest BCUT2D eigenvalue weighted by Gasteiger charge is 2.16. The van der Waals surface area contributed by atoms with Gasteiger partial charge in [-0.3, -0.25) is 4.79 Å². The van der Waals surface area contributed by atoms with Gasteiger partial charge in [0.25, 0.3) is 5.91 Å². The lowest BCUT2D eigenvalue weighted by Gasteiger charge is -2.17. The molecule has 0 spiro atoms. The third-order valence-electron chi connectivity index (χ3n) is 3.67. The van der Waals surface area contributed by atoms with Crippen molar-refractivity contribution in [2.75, 3.05) is 13.7 Å². The van der Waals surface area contributed by atoms with Gasteiger partial charge in [-0.15, -0.1) is 0 Å². The van der Waals surface area contributed by atoms with Crippen molar-refractivity contribution in [2.45, 2.75) is 6.04 Å². The second-order valence-corrected chi connectivity index (χ2v) is 5.15. The number of carbonyl (C=O) groups is 1. The first kappa shape index (κ1) is 15.1. The Labute approximate surface area is 133 Å². The van der Waals surface area contributed by atoms with Crippen molar-refractivity contribution >= 4 is 16.9 Å². The molecule has 0 radical (unpaired) electrons. The van der Waals surface area contributed by atoms with E-state index < -0.39 is 0 Å². The summed E-state index contributed by atoms with van der Waals surface area (Å²) < 4.78 is 5.21. The molecule has 0 fully saturated rings. The van der Waals surface area contributed by atoms with Gasteiger partial charge in [0.1, 0.15) is 11.4 Å². The molecular weight excluding hydrogens is 292 g/mol. The standard InChI is InChI=1S/C17H18N4O2/c1-23-12-4-2-3-11(9-12)16(10-18)21-17(22)15-6-5-13-14(20-15)7-8-19-13/h2-9,16,19H,10,18H2,1H3,(H,21,22). The van der Waals surface area contributed by atoms with Crippen LogP contribution in [0.1, 0.15) is 22.1 Å². The first-order valence-corrected chi connectivity index (χ1v) is 7.30. The summed E-state index contributed by atoms with van der Waals surface area (Å²) in [5, 5.41) is 2.92. The van der Waals surface area contributed by atoms with Crippen LogP contribution in [0.2, 0.25) is 0 Å². The SMILES string of the molecule is COc1cccc(C(CN)NC(=O)c2ccc3[nH]ccc3n2)c1. The van der Waals surface area contributed by atoms with Gasteiger partial charge >= 0.3 is 0 Å². The van der Waals surface area contributed by atoms with Crippen molar-refractivity contribution < 1.29 is 9.53 Å². The Balaban J connectivity index is 1.81. The van der Waals surface area contributed by atoms with E-state index in [1.807, 2.05) is 36.4 Å². The summed E-state index contributed by atoms with van der Waals surface area (Å²) in [6.07, 6.45) is 1.79. The molecule has 1 amide bonds. The lowest BCUT2D eigenvalue weighted by Crippen LogP contribution is -2.33. The molecular formula is C17H18N4O2. The molecule has 2 aromatic heterocycles. The predicted octanol–water partition coefficient (Wildman–Crippen LogP) is 2.00. The van der Waals surface area contributed by atoms with Crippen LogP contribution >= 0.6 is 0 Å². The number of hydrogen-bond acceptors (Lipinski definition) is 4. The van der Waals surface area contributed by atoms with Crippen LogP contribution in [0.4, 0.5) is 0 Å². The molecule has 1 aromatic carbocycles. The number of aromatic amines is 1. The number of pyridine rings is 1. The summed E-state index contributed by atoms with van der Waals surface area (Å²) in [4.78, 5) is 19.8. The number of nitrogens with one attached hydrogen (secondary N) is 2. The highest BCUT2D eigenvalue weighted by Crippen LogP contribution is 2.19. The number of hydrogen-bond donors (Lipinski definition) is 3.